The lowest BCUT2D eigenvalue weighted by molar-refractivity contribution is 0.0724. The standard InChI is InChI=1S/C12H14F3NO2S/c1-12(18,6-19-2)5-16-11(17)7-3-8(13)10(15)9(14)4-7/h3-4,18H,5-6H2,1-2H3,(H,16,17)/t12-/m1/s1. The predicted molar refractivity (Wildman–Crippen MR) is 67.7 cm³/mol. The Bertz CT molecular complexity index is 457. The van der Waals surface area contributed by atoms with E-state index in [0.29, 0.717) is 17.9 Å². The third-order valence-electron chi connectivity index (χ3n) is 2.33. The first-order valence-corrected chi connectivity index (χ1v) is 6.80. The molecule has 1 aromatic carbocycles. The number of hydrogen-bond acceptors (Lipinski definition) is 3. The Morgan fingerprint density at radius 2 is 1.89 bits per heavy atom. The van der Waals surface area contributed by atoms with Crippen LogP contribution >= 0.6 is 11.8 Å². The summed E-state index contributed by atoms with van der Waals surface area (Å²) in [5.41, 5.74) is -1.47. The monoisotopic (exact) mass is 293 g/mol. The van der Waals surface area contributed by atoms with Crippen molar-refractivity contribution < 1.29 is 23.1 Å². The summed E-state index contributed by atoms with van der Waals surface area (Å²) in [6.07, 6.45) is 1.79. The summed E-state index contributed by atoms with van der Waals surface area (Å²) in [7, 11) is 0. The lowest BCUT2D eigenvalue weighted by Crippen LogP contribution is -2.42. The third-order valence-corrected chi connectivity index (χ3v) is 3.24. The highest BCUT2D eigenvalue weighted by Crippen LogP contribution is 2.14. The fourth-order valence-electron chi connectivity index (χ4n) is 1.42. The first kappa shape index (κ1) is 15.8. The minimum atomic E-state index is -1.62. The molecule has 0 saturated heterocycles. The van der Waals surface area contributed by atoms with Gasteiger partial charge in [0.1, 0.15) is 0 Å². The fraction of sp³-hybridized carbons (Fsp3) is 0.417. The second-order valence-corrected chi connectivity index (χ2v) is 5.23. The molecule has 106 valence electrons. The molecule has 1 aromatic rings. The highest BCUT2D eigenvalue weighted by atomic mass is 32.2. The van der Waals surface area contributed by atoms with Gasteiger partial charge in [-0.2, -0.15) is 11.8 Å². The number of hydrogen-bond donors (Lipinski definition) is 2. The van der Waals surface area contributed by atoms with Crippen molar-refractivity contribution in [1.82, 2.24) is 5.32 Å². The number of benzene rings is 1. The van der Waals surface area contributed by atoms with Crippen LogP contribution in [0.5, 0.6) is 0 Å². The molecule has 0 aliphatic carbocycles. The number of halogens is 3. The van der Waals surface area contributed by atoms with Gasteiger partial charge in [-0.1, -0.05) is 0 Å². The lowest BCUT2D eigenvalue weighted by atomic mass is 10.1. The molecule has 2 N–H and O–H groups in total. The van der Waals surface area contributed by atoms with Crippen molar-refractivity contribution in [2.75, 3.05) is 18.6 Å². The second kappa shape index (κ2) is 6.29. The molecule has 0 fully saturated rings. The van der Waals surface area contributed by atoms with E-state index in [-0.39, 0.29) is 12.1 Å². The van der Waals surface area contributed by atoms with Crippen molar-refractivity contribution in [2.24, 2.45) is 0 Å². The molecular weight excluding hydrogens is 279 g/mol. The first-order chi connectivity index (χ1) is 8.76. The van der Waals surface area contributed by atoms with E-state index in [9.17, 15) is 23.1 Å². The zero-order chi connectivity index (χ0) is 14.6. The molecule has 0 bridgehead atoms. The SMILES string of the molecule is CSC[C@](C)(O)CNC(=O)c1cc(F)c(F)c(F)c1. The van der Waals surface area contributed by atoms with Crippen LogP contribution in [-0.4, -0.2) is 35.2 Å². The Morgan fingerprint density at radius 3 is 2.37 bits per heavy atom. The van der Waals surface area contributed by atoms with Gasteiger partial charge in [-0.25, -0.2) is 13.2 Å². The Hall–Kier alpha value is -1.21. The smallest absolute Gasteiger partial charge is 0.251 e. The van der Waals surface area contributed by atoms with E-state index in [2.05, 4.69) is 5.32 Å². The molecule has 0 aromatic heterocycles. The van der Waals surface area contributed by atoms with Gasteiger partial charge in [-0.15, -0.1) is 0 Å². The van der Waals surface area contributed by atoms with E-state index in [1.54, 1.807) is 6.26 Å². The topological polar surface area (TPSA) is 49.3 Å². The van der Waals surface area contributed by atoms with Crippen LogP contribution in [0.3, 0.4) is 0 Å². The second-order valence-electron chi connectivity index (χ2n) is 4.37. The lowest BCUT2D eigenvalue weighted by Gasteiger charge is -2.22. The Labute approximate surface area is 113 Å². The van der Waals surface area contributed by atoms with Gasteiger partial charge in [0, 0.05) is 17.9 Å². The molecule has 7 heteroatoms. The molecule has 1 atom stereocenters. The van der Waals surface area contributed by atoms with Crippen LogP contribution in [0.15, 0.2) is 12.1 Å². The molecule has 0 radical (unpaired) electrons. The van der Waals surface area contributed by atoms with Crippen molar-refractivity contribution in [1.29, 1.82) is 0 Å². The maximum absolute atomic E-state index is 12.9. The Morgan fingerprint density at radius 1 is 1.37 bits per heavy atom. The number of nitrogens with one attached hydrogen (secondary N) is 1. The molecule has 0 heterocycles. The quantitative estimate of drug-likeness (QED) is 0.816. The fourth-order valence-corrected chi connectivity index (χ4v) is 2.15. The zero-order valence-corrected chi connectivity index (χ0v) is 11.3. The maximum Gasteiger partial charge on any atom is 0.251 e. The maximum atomic E-state index is 12.9. The average molecular weight is 293 g/mol. The number of aliphatic hydroxyl groups is 1. The molecule has 0 aliphatic rings. The van der Waals surface area contributed by atoms with Crippen LogP contribution < -0.4 is 5.32 Å². The molecule has 0 unspecified atom stereocenters. The highest BCUT2D eigenvalue weighted by molar-refractivity contribution is 7.98. The van der Waals surface area contributed by atoms with Gasteiger partial charge in [0.25, 0.3) is 5.91 Å². The molecule has 1 amide bonds. The number of carbonyl (C=O) groups excluding carboxylic acids is 1. The third kappa shape index (κ3) is 4.43. The van der Waals surface area contributed by atoms with Crippen molar-refractivity contribution in [2.45, 2.75) is 12.5 Å². The predicted octanol–water partition coefficient (Wildman–Crippen LogP) is 1.95. The van der Waals surface area contributed by atoms with E-state index in [4.69, 9.17) is 0 Å². The highest BCUT2D eigenvalue weighted by Gasteiger charge is 2.22. The van der Waals surface area contributed by atoms with Gasteiger partial charge < -0.3 is 10.4 Å². The first-order valence-electron chi connectivity index (χ1n) is 5.41. The molecule has 0 saturated carbocycles. The number of amides is 1. The average Bonchev–Trinajstić information content (AvgIpc) is 2.32. The summed E-state index contributed by atoms with van der Waals surface area (Å²) >= 11 is 1.39. The van der Waals surface area contributed by atoms with Crippen LogP contribution in [0.4, 0.5) is 13.2 Å². The zero-order valence-electron chi connectivity index (χ0n) is 10.5. The summed E-state index contributed by atoms with van der Waals surface area (Å²) in [5.74, 6) is -4.87. The molecule has 3 nitrogen and oxygen atoms in total. The summed E-state index contributed by atoms with van der Waals surface area (Å²) in [6.45, 7) is 1.45. The van der Waals surface area contributed by atoms with E-state index in [1.165, 1.54) is 18.7 Å². The van der Waals surface area contributed by atoms with Crippen LogP contribution in [0.2, 0.25) is 0 Å². The number of thioether (sulfide) groups is 1. The van der Waals surface area contributed by atoms with Gasteiger partial charge in [0.2, 0.25) is 0 Å². The minimum Gasteiger partial charge on any atom is -0.387 e. The van der Waals surface area contributed by atoms with Crippen molar-refractivity contribution in [3.63, 3.8) is 0 Å². The van der Waals surface area contributed by atoms with E-state index < -0.39 is 29.0 Å². The molecule has 0 aliphatic heterocycles. The molecular formula is C12H14F3NO2S. The van der Waals surface area contributed by atoms with Crippen molar-refractivity contribution >= 4 is 17.7 Å². The summed E-state index contributed by atoms with van der Waals surface area (Å²) in [4.78, 5) is 11.6. The van der Waals surface area contributed by atoms with Crippen molar-refractivity contribution in [3.05, 3.63) is 35.1 Å². The summed E-state index contributed by atoms with van der Waals surface area (Å²) in [6, 6.07) is 1.22. The number of carbonyl (C=O) groups is 1. The molecule has 1 rings (SSSR count). The summed E-state index contributed by atoms with van der Waals surface area (Å²) < 4.78 is 38.6. The van der Waals surface area contributed by atoms with Crippen LogP contribution in [-0.2, 0) is 0 Å². The Kier molecular flexibility index (Phi) is 5.25. The van der Waals surface area contributed by atoms with Crippen LogP contribution in [0.1, 0.15) is 17.3 Å². The molecule has 0 spiro atoms. The van der Waals surface area contributed by atoms with Gasteiger partial charge in [0.15, 0.2) is 17.5 Å². The molecule has 19 heavy (non-hydrogen) atoms. The van der Waals surface area contributed by atoms with Gasteiger partial charge in [-0.05, 0) is 25.3 Å². The van der Waals surface area contributed by atoms with E-state index in [0.717, 1.165) is 0 Å². The minimum absolute atomic E-state index is 0.0761. The normalized spacial score (nSPS) is 14.0. The van der Waals surface area contributed by atoms with Crippen LogP contribution in [0, 0.1) is 17.5 Å². The van der Waals surface area contributed by atoms with Gasteiger partial charge in [-0.3, -0.25) is 4.79 Å². The van der Waals surface area contributed by atoms with E-state index in [1.807, 2.05) is 0 Å². The van der Waals surface area contributed by atoms with Crippen LogP contribution in [0.25, 0.3) is 0 Å². The van der Waals surface area contributed by atoms with Gasteiger partial charge >= 0.3 is 0 Å². The van der Waals surface area contributed by atoms with Crippen molar-refractivity contribution in [3.8, 4) is 0 Å². The summed E-state index contributed by atoms with van der Waals surface area (Å²) in [5, 5.41) is 12.2. The van der Waals surface area contributed by atoms with Gasteiger partial charge in [0.05, 0.1) is 5.60 Å². The van der Waals surface area contributed by atoms with E-state index >= 15 is 0 Å². The Balaban J connectivity index is 2.74. The largest absolute Gasteiger partial charge is 0.387 e. The number of rotatable bonds is 5.